The fraction of sp³-hybridized carbons (Fsp3) is 0.368. The van der Waals surface area contributed by atoms with Gasteiger partial charge >= 0.3 is 5.97 Å². The number of aryl methyl sites for hydroxylation is 2. The Morgan fingerprint density at radius 2 is 2.07 bits per heavy atom. The average molecular weight is 388 g/mol. The van der Waals surface area contributed by atoms with Gasteiger partial charge in [0.05, 0.1) is 20.3 Å². The van der Waals surface area contributed by atoms with Gasteiger partial charge in [-0.15, -0.1) is 11.3 Å². The van der Waals surface area contributed by atoms with Gasteiger partial charge < -0.3 is 14.2 Å². The maximum Gasteiger partial charge on any atom is 0.306 e. The zero-order chi connectivity index (χ0) is 19.8. The number of carbonyl (C=O) groups excluding carboxylic acids is 2. The summed E-state index contributed by atoms with van der Waals surface area (Å²) in [5, 5.41) is 11.4. The number of hydrogen-bond donors (Lipinski definition) is 0. The topological polar surface area (TPSA) is 98.5 Å². The molecule has 2 aromatic rings. The Morgan fingerprint density at radius 1 is 1.30 bits per heavy atom. The molecular weight excluding hydrogens is 368 g/mol. The van der Waals surface area contributed by atoms with Gasteiger partial charge in [0.2, 0.25) is 0 Å². The monoisotopic (exact) mass is 388 g/mol. The summed E-state index contributed by atoms with van der Waals surface area (Å²) >= 11 is 1.24. The summed E-state index contributed by atoms with van der Waals surface area (Å²) in [6.07, 6.45) is 0.450. The molecule has 0 unspecified atom stereocenters. The Bertz CT molecular complexity index is 856. The van der Waals surface area contributed by atoms with E-state index in [4.69, 9.17) is 14.2 Å². The van der Waals surface area contributed by atoms with Crippen molar-refractivity contribution in [1.29, 1.82) is 5.26 Å². The Kier molecular flexibility index (Phi) is 7.32. The molecule has 27 heavy (non-hydrogen) atoms. The summed E-state index contributed by atoms with van der Waals surface area (Å²) in [4.78, 5) is 28.3. The molecule has 8 heteroatoms. The van der Waals surface area contributed by atoms with Gasteiger partial charge in [0.1, 0.15) is 5.01 Å². The second-order valence-corrected chi connectivity index (χ2v) is 6.56. The van der Waals surface area contributed by atoms with Crippen molar-refractivity contribution < 1.29 is 23.8 Å². The molecule has 0 fully saturated rings. The van der Waals surface area contributed by atoms with E-state index in [9.17, 15) is 14.9 Å². The summed E-state index contributed by atoms with van der Waals surface area (Å²) < 4.78 is 15.6. The van der Waals surface area contributed by atoms with Gasteiger partial charge in [0, 0.05) is 17.5 Å². The third-order valence-electron chi connectivity index (χ3n) is 3.79. The van der Waals surface area contributed by atoms with E-state index in [1.54, 1.807) is 24.4 Å². The van der Waals surface area contributed by atoms with Crippen molar-refractivity contribution in [3.8, 4) is 17.6 Å². The predicted octanol–water partition coefficient (Wildman–Crippen LogP) is 2.82. The summed E-state index contributed by atoms with van der Waals surface area (Å²) in [5.74, 6) is -0.893. The normalized spacial score (nSPS) is 11.3. The number of aromatic nitrogens is 1. The van der Waals surface area contributed by atoms with Crippen molar-refractivity contribution in [1.82, 2.24) is 4.98 Å². The zero-order valence-corrected chi connectivity index (χ0v) is 16.2. The summed E-state index contributed by atoms with van der Waals surface area (Å²) in [7, 11) is 3.07. The number of thiazole rings is 1. The summed E-state index contributed by atoms with van der Waals surface area (Å²) in [6.45, 7) is 1.33. The highest BCUT2D eigenvalue weighted by atomic mass is 32.1. The number of nitrogens with zero attached hydrogens (tertiary/aromatic N) is 2. The van der Waals surface area contributed by atoms with Gasteiger partial charge in [-0.3, -0.25) is 9.59 Å². The SMILES string of the molecule is COc1cccc(CCC(=O)OCC(=O)[C@H](C#N)c2nc(C)cs2)c1OC. The number of Topliss-reactive ketones (excluding diaryl/α,β-unsaturated/α-hetero) is 1. The van der Waals surface area contributed by atoms with Gasteiger partial charge in [0.15, 0.2) is 29.8 Å². The summed E-state index contributed by atoms with van der Waals surface area (Å²) in [6, 6.07) is 7.32. The van der Waals surface area contributed by atoms with Crippen LogP contribution in [0.5, 0.6) is 11.5 Å². The molecule has 0 N–H and O–H groups in total. The second-order valence-electron chi connectivity index (χ2n) is 5.67. The Hall–Kier alpha value is -2.92. The van der Waals surface area contributed by atoms with Gasteiger partial charge in [-0.25, -0.2) is 4.98 Å². The maximum absolute atomic E-state index is 12.2. The van der Waals surface area contributed by atoms with Crippen molar-refractivity contribution in [3.63, 3.8) is 0 Å². The van der Waals surface area contributed by atoms with E-state index in [-0.39, 0.29) is 6.42 Å². The van der Waals surface area contributed by atoms with Crippen LogP contribution in [0, 0.1) is 18.3 Å². The van der Waals surface area contributed by atoms with Crippen LogP contribution in [0.25, 0.3) is 0 Å². The van der Waals surface area contributed by atoms with E-state index >= 15 is 0 Å². The van der Waals surface area contributed by atoms with Crippen molar-refractivity contribution in [2.24, 2.45) is 0 Å². The Morgan fingerprint density at radius 3 is 2.67 bits per heavy atom. The van der Waals surface area contributed by atoms with Crippen molar-refractivity contribution in [3.05, 3.63) is 39.8 Å². The van der Waals surface area contributed by atoms with Crippen LogP contribution in [0.3, 0.4) is 0 Å². The molecule has 0 spiro atoms. The number of esters is 1. The highest BCUT2D eigenvalue weighted by molar-refractivity contribution is 7.09. The lowest BCUT2D eigenvalue weighted by Gasteiger charge is -2.12. The minimum atomic E-state index is -1.02. The first kappa shape index (κ1) is 20.4. The van der Waals surface area contributed by atoms with Crippen molar-refractivity contribution >= 4 is 23.1 Å². The van der Waals surface area contributed by atoms with Crippen LogP contribution < -0.4 is 9.47 Å². The lowest BCUT2D eigenvalue weighted by Crippen LogP contribution is -2.20. The Labute approximate surface area is 161 Å². The first-order chi connectivity index (χ1) is 13.0. The first-order valence-corrected chi connectivity index (χ1v) is 9.08. The lowest BCUT2D eigenvalue weighted by molar-refractivity contribution is -0.148. The van der Waals surface area contributed by atoms with E-state index in [0.29, 0.717) is 22.9 Å². The van der Waals surface area contributed by atoms with E-state index in [2.05, 4.69) is 4.98 Å². The third kappa shape index (κ3) is 5.28. The number of ether oxygens (including phenoxy) is 3. The van der Waals surface area contributed by atoms with Crippen LogP contribution in [0.1, 0.15) is 28.6 Å². The van der Waals surface area contributed by atoms with E-state index in [1.807, 2.05) is 12.1 Å². The maximum atomic E-state index is 12.2. The number of methoxy groups -OCH3 is 2. The molecule has 7 nitrogen and oxygen atoms in total. The van der Waals surface area contributed by atoms with Gasteiger partial charge in [0.25, 0.3) is 0 Å². The molecule has 1 aromatic heterocycles. The van der Waals surface area contributed by atoms with Crippen molar-refractivity contribution in [2.45, 2.75) is 25.7 Å². The predicted molar refractivity (Wildman–Crippen MR) is 99.0 cm³/mol. The number of hydrogen-bond acceptors (Lipinski definition) is 8. The number of benzene rings is 1. The van der Waals surface area contributed by atoms with Gasteiger partial charge in [-0.1, -0.05) is 12.1 Å². The number of ketones is 1. The zero-order valence-electron chi connectivity index (χ0n) is 15.4. The van der Waals surface area contributed by atoms with E-state index in [0.717, 1.165) is 11.3 Å². The largest absolute Gasteiger partial charge is 0.493 e. The second kappa shape index (κ2) is 9.69. The smallest absolute Gasteiger partial charge is 0.306 e. The van der Waals surface area contributed by atoms with Crippen LogP contribution in [0.15, 0.2) is 23.6 Å². The highest BCUT2D eigenvalue weighted by Crippen LogP contribution is 2.31. The Balaban J connectivity index is 1.89. The highest BCUT2D eigenvalue weighted by Gasteiger charge is 2.24. The molecule has 0 amide bonds. The molecule has 1 heterocycles. The lowest BCUT2D eigenvalue weighted by atomic mass is 10.1. The molecule has 1 aromatic carbocycles. The minimum Gasteiger partial charge on any atom is -0.493 e. The van der Waals surface area contributed by atoms with Crippen LogP contribution in [0.4, 0.5) is 0 Å². The standard InChI is InChI=1S/C19H20N2O5S/c1-12-11-27-19(21-12)14(9-20)15(22)10-26-17(23)8-7-13-5-4-6-16(24-2)18(13)25-3/h4-6,11,14H,7-8,10H2,1-3H3/t14-/m0/s1. The van der Waals surface area contributed by atoms with Crippen molar-refractivity contribution in [2.75, 3.05) is 20.8 Å². The number of carbonyl (C=O) groups is 2. The molecule has 0 saturated carbocycles. The van der Waals surface area contributed by atoms with Gasteiger partial charge in [-0.2, -0.15) is 5.26 Å². The fourth-order valence-corrected chi connectivity index (χ4v) is 3.33. The van der Waals surface area contributed by atoms with Crippen LogP contribution in [-0.4, -0.2) is 37.6 Å². The quantitative estimate of drug-likeness (QED) is 0.609. The van der Waals surface area contributed by atoms with Crippen LogP contribution in [0.2, 0.25) is 0 Å². The average Bonchev–Trinajstić information content (AvgIpc) is 3.10. The molecule has 2 rings (SSSR count). The number of rotatable bonds is 9. The third-order valence-corrected chi connectivity index (χ3v) is 4.82. The fourth-order valence-electron chi connectivity index (χ4n) is 2.46. The summed E-state index contributed by atoms with van der Waals surface area (Å²) in [5.41, 5.74) is 1.54. The molecule has 0 saturated heterocycles. The minimum absolute atomic E-state index is 0.0738. The van der Waals surface area contributed by atoms with E-state index in [1.165, 1.54) is 25.6 Å². The molecule has 0 aliphatic carbocycles. The van der Waals surface area contributed by atoms with Crippen LogP contribution >= 0.6 is 11.3 Å². The number of para-hydroxylation sites is 1. The number of nitriles is 1. The molecule has 0 bridgehead atoms. The van der Waals surface area contributed by atoms with Crippen LogP contribution in [-0.2, 0) is 20.7 Å². The molecule has 0 aliphatic rings. The molecule has 1 atom stereocenters. The van der Waals surface area contributed by atoms with E-state index < -0.39 is 24.3 Å². The molecule has 0 aliphatic heterocycles. The van der Waals surface area contributed by atoms with Gasteiger partial charge in [-0.05, 0) is 25.0 Å². The molecule has 142 valence electrons. The molecule has 0 radical (unpaired) electrons. The first-order valence-electron chi connectivity index (χ1n) is 8.20. The molecular formula is C19H20N2O5S.